The molecule has 0 spiro atoms. The summed E-state index contributed by atoms with van der Waals surface area (Å²) in [6.07, 6.45) is 17.7. The Hall–Kier alpha value is -2.17. The maximum Gasteiger partial charge on any atom is 0.317 e. The van der Waals surface area contributed by atoms with Crippen LogP contribution in [0, 0.1) is 5.92 Å². The summed E-state index contributed by atoms with van der Waals surface area (Å²) in [7, 11) is 0. The Labute approximate surface area is 151 Å². The first-order valence-corrected chi connectivity index (χ1v) is 8.61. The van der Waals surface area contributed by atoms with E-state index in [9.17, 15) is 4.79 Å². The zero-order valence-corrected chi connectivity index (χ0v) is 15.0. The average Bonchev–Trinajstić information content (AvgIpc) is 3.37. The van der Waals surface area contributed by atoms with Crippen LogP contribution in [0.2, 0.25) is 0 Å². The van der Waals surface area contributed by atoms with Crippen molar-refractivity contribution in [3.8, 4) is 0 Å². The zero-order valence-electron chi connectivity index (χ0n) is 15.0. The van der Waals surface area contributed by atoms with Crippen molar-refractivity contribution in [3.05, 3.63) is 72.9 Å². The molecule has 0 aromatic heterocycles. The molecule has 0 heterocycles. The SMILES string of the molecule is C=C/C(=C\C=C/CC)COC/C=C\C=C/C(=C)C1CC1NCC(=O)O. The van der Waals surface area contributed by atoms with E-state index in [-0.39, 0.29) is 12.6 Å². The number of aliphatic carboxylic acids is 1. The predicted octanol–water partition coefficient (Wildman–Crippen LogP) is 3.81. The minimum absolute atomic E-state index is 0.00474. The summed E-state index contributed by atoms with van der Waals surface area (Å²) in [5, 5.41) is 11.6. The molecular weight excluding hydrogens is 314 g/mol. The van der Waals surface area contributed by atoms with Gasteiger partial charge in [-0.25, -0.2) is 0 Å². The summed E-state index contributed by atoms with van der Waals surface area (Å²) in [4.78, 5) is 10.5. The largest absolute Gasteiger partial charge is 0.480 e. The Morgan fingerprint density at radius 3 is 2.80 bits per heavy atom. The number of carbonyl (C=O) groups is 1. The molecule has 2 unspecified atom stereocenters. The molecule has 1 saturated carbocycles. The Morgan fingerprint density at radius 1 is 1.32 bits per heavy atom. The highest BCUT2D eigenvalue weighted by molar-refractivity contribution is 5.69. The number of hydrogen-bond acceptors (Lipinski definition) is 3. The lowest BCUT2D eigenvalue weighted by atomic mass is 10.1. The van der Waals surface area contributed by atoms with Gasteiger partial charge in [0.15, 0.2) is 0 Å². The van der Waals surface area contributed by atoms with Gasteiger partial charge in [0.25, 0.3) is 0 Å². The Bertz CT molecular complexity index is 570. The molecule has 1 aliphatic carbocycles. The van der Waals surface area contributed by atoms with E-state index in [0.717, 1.165) is 24.0 Å². The van der Waals surface area contributed by atoms with Crippen molar-refractivity contribution >= 4 is 5.97 Å². The summed E-state index contributed by atoms with van der Waals surface area (Å²) in [6.45, 7) is 11.0. The van der Waals surface area contributed by atoms with Crippen LogP contribution in [0.3, 0.4) is 0 Å². The number of ether oxygens (including phenoxy) is 1. The molecule has 4 nitrogen and oxygen atoms in total. The van der Waals surface area contributed by atoms with Gasteiger partial charge in [-0.05, 0) is 18.4 Å². The lowest BCUT2D eigenvalue weighted by molar-refractivity contribution is -0.136. The second-order valence-corrected chi connectivity index (χ2v) is 5.88. The highest BCUT2D eigenvalue weighted by Gasteiger charge is 2.37. The van der Waals surface area contributed by atoms with E-state index in [1.54, 1.807) is 6.08 Å². The summed E-state index contributed by atoms with van der Waals surface area (Å²) in [5.74, 6) is -0.484. The molecule has 1 aliphatic rings. The van der Waals surface area contributed by atoms with E-state index in [1.165, 1.54) is 0 Å². The quantitative estimate of drug-likeness (QED) is 0.394. The van der Waals surface area contributed by atoms with Crippen molar-refractivity contribution in [3.63, 3.8) is 0 Å². The van der Waals surface area contributed by atoms with Gasteiger partial charge in [-0.15, -0.1) is 0 Å². The number of carboxylic acid groups (broad SMARTS) is 1. The van der Waals surface area contributed by atoms with Gasteiger partial charge in [0.2, 0.25) is 0 Å². The minimum Gasteiger partial charge on any atom is -0.480 e. The molecule has 136 valence electrons. The molecule has 0 aliphatic heterocycles. The smallest absolute Gasteiger partial charge is 0.317 e. The van der Waals surface area contributed by atoms with Gasteiger partial charge >= 0.3 is 5.97 Å². The van der Waals surface area contributed by atoms with E-state index in [2.05, 4.69) is 31.5 Å². The summed E-state index contributed by atoms with van der Waals surface area (Å²) < 4.78 is 5.57. The van der Waals surface area contributed by atoms with Crippen LogP contribution in [0.5, 0.6) is 0 Å². The van der Waals surface area contributed by atoms with Gasteiger partial charge in [-0.3, -0.25) is 4.79 Å². The zero-order chi connectivity index (χ0) is 18.5. The van der Waals surface area contributed by atoms with Crippen molar-refractivity contribution in [2.75, 3.05) is 19.8 Å². The molecule has 0 aromatic rings. The van der Waals surface area contributed by atoms with Gasteiger partial charge in [0, 0.05) is 12.0 Å². The fraction of sp³-hybridized carbons (Fsp3) is 0.381. The van der Waals surface area contributed by atoms with Crippen LogP contribution >= 0.6 is 0 Å². The highest BCUT2D eigenvalue weighted by atomic mass is 16.5. The summed E-state index contributed by atoms with van der Waals surface area (Å²) >= 11 is 0. The average molecular weight is 343 g/mol. The van der Waals surface area contributed by atoms with Gasteiger partial charge in [-0.2, -0.15) is 0 Å². The molecule has 25 heavy (non-hydrogen) atoms. The van der Waals surface area contributed by atoms with Crippen molar-refractivity contribution in [1.29, 1.82) is 0 Å². The highest BCUT2D eigenvalue weighted by Crippen LogP contribution is 2.36. The molecule has 1 rings (SSSR count). The van der Waals surface area contributed by atoms with Crippen LogP contribution in [0.25, 0.3) is 0 Å². The molecule has 0 amide bonds. The maximum absolute atomic E-state index is 10.5. The maximum atomic E-state index is 10.5. The van der Waals surface area contributed by atoms with Crippen LogP contribution in [-0.2, 0) is 9.53 Å². The lowest BCUT2D eigenvalue weighted by Crippen LogP contribution is -2.25. The third kappa shape index (κ3) is 9.65. The fourth-order valence-electron chi connectivity index (χ4n) is 2.23. The Balaban J connectivity index is 2.19. The summed E-state index contributed by atoms with van der Waals surface area (Å²) in [5.41, 5.74) is 2.07. The lowest BCUT2D eigenvalue weighted by Gasteiger charge is -2.01. The number of allylic oxidation sites excluding steroid dienone is 6. The fourth-order valence-corrected chi connectivity index (χ4v) is 2.23. The van der Waals surface area contributed by atoms with Crippen LogP contribution < -0.4 is 5.32 Å². The monoisotopic (exact) mass is 343 g/mol. The van der Waals surface area contributed by atoms with Crippen LogP contribution in [0.1, 0.15) is 19.8 Å². The first-order valence-electron chi connectivity index (χ1n) is 8.61. The normalized spacial score (nSPS) is 20.6. The van der Waals surface area contributed by atoms with E-state index in [1.807, 2.05) is 36.5 Å². The first-order chi connectivity index (χ1) is 12.1. The van der Waals surface area contributed by atoms with Crippen molar-refractivity contribution in [2.24, 2.45) is 5.92 Å². The van der Waals surface area contributed by atoms with Crippen molar-refractivity contribution in [2.45, 2.75) is 25.8 Å². The van der Waals surface area contributed by atoms with Crippen LogP contribution in [0.15, 0.2) is 72.9 Å². The van der Waals surface area contributed by atoms with Gasteiger partial charge in [0.05, 0.1) is 19.8 Å². The predicted molar refractivity (Wildman–Crippen MR) is 103 cm³/mol. The van der Waals surface area contributed by atoms with Gasteiger partial charge < -0.3 is 15.2 Å². The molecule has 0 aromatic carbocycles. The molecule has 2 N–H and O–H groups in total. The molecule has 2 atom stereocenters. The molecule has 1 fully saturated rings. The number of nitrogens with one attached hydrogen (secondary N) is 1. The second kappa shape index (κ2) is 12.2. The van der Waals surface area contributed by atoms with Crippen molar-refractivity contribution < 1.29 is 14.6 Å². The van der Waals surface area contributed by atoms with Crippen molar-refractivity contribution in [1.82, 2.24) is 5.32 Å². The van der Waals surface area contributed by atoms with Gasteiger partial charge in [-0.1, -0.05) is 74.3 Å². The second-order valence-electron chi connectivity index (χ2n) is 5.88. The first kappa shape index (κ1) is 20.9. The van der Waals surface area contributed by atoms with E-state index >= 15 is 0 Å². The van der Waals surface area contributed by atoms with E-state index in [0.29, 0.717) is 19.1 Å². The molecule has 0 bridgehead atoms. The molecule has 0 saturated heterocycles. The standard InChI is InChI=1S/C21H29NO3/c1-4-6-8-12-18(5-2)16-25-13-10-7-9-11-17(3)19-14-20(19)22-15-21(23)24/h5-12,19-20,22H,2-4,13-16H2,1H3,(H,23,24)/b8-6-,10-7-,11-9-,18-12+. The third-order valence-corrected chi connectivity index (χ3v) is 3.77. The van der Waals surface area contributed by atoms with Crippen LogP contribution in [-0.4, -0.2) is 36.9 Å². The summed E-state index contributed by atoms with van der Waals surface area (Å²) in [6, 6.07) is 0.242. The number of carboxylic acids is 1. The Kier molecular flexibility index (Phi) is 10.2. The van der Waals surface area contributed by atoms with E-state index in [4.69, 9.17) is 9.84 Å². The van der Waals surface area contributed by atoms with Crippen LogP contribution in [0.4, 0.5) is 0 Å². The number of hydrogen-bond donors (Lipinski definition) is 2. The molecule has 0 radical (unpaired) electrons. The Morgan fingerprint density at radius 2 is 2.12 bits per heavy atom. The number of rotatable bonds is 13. The molecular formula is C21H29NO3. The topological polar surface area (TPSA) is 58.6 Å². The minimum atomic E-state index is -0.828. The molecule has 4 heteroatoms. The van der Waals surface area contributed by atoms with Gasteiger partial charge in [0.1, 0.15) is 0 Å². The van der Waals surface area contributed by atoms with E-state index < -0.39 is 5.97 Å². The third-order valence-electron chi connectivity index (χ3n) is 3.77.